The molecule has 0 fully saturated rings. The van der Waals surface area contributed by atoms with Gasteiger partial charge < -0.3 is 10.1 Å². The second-order valence-corrected chi connectivity index (χ2v) is 3.63. The van der Waals surface area contributed by atoms with Crippen molar-refractivity contribution >= 4 is 17.5 Å². The third-order valence-electron chi connectivity index (χ3n) is 2.26. The number of nitrogens with one attached hydrogen (secondary N) is 2. The van der Waals surface area contributed by atoms with Crippen molar-refractivity contribution in [3.63, 3.8) is 0 Å². The van der Waals surface area contributed by atoms with Gasteiger partial charge in [-0.15, -0.1) is 0 Å². The van der Waals surface area contributed by atoms with Crippen molar-refractivity contribution in [2.75, 3.05) is 17.2 Å². The third kappa shape index (κ3) is 4.59. The number of amides is 1. The molecule has 0 aromatic heterocycles. The minimum absolute atomic E-state index is 0.133. The molecule has 1 rings (SSSR count). The molecule has 0 bridgehead atoms. The molecule has 0 aliphatic rings. The van der Waals surface area contributed by atoms with Gasteiger partial charge in [0.1, 0.15) is 23.9 Å². The van der Waals surface area contributed by atoms with Crippen LogP contribution in [0.4, 0.5) is 16.2 Å². The van der Waals surface area contributed by atoms with Crippen LogP contribution >= 0.6 is 0 Å². The average molecular weight is 281 g/mol. The van der Waals surface area contributed by atoms with Crippen LogP contribution in [0.15, 0.2) is 35.5 Å². The Labute approximate surface area is 121 Å². The van der Waals surface area contributed by atoms with E-state index in [4.69, 9.17) is 20.5 Å². The van der Waals surface area contributed by atoms with Crippen LogP contribution in [0.2, 0.25) is 0 Å². The lowest BCUT2D eigenvalue weighted by atomic mass is 10.2. The van der Waals surface area contributed by atoms with Crippen molar-refractivity contribution in [3.8, 4) is 18.2 Å². The quantitative estimate of drug-likeness (QED) is 0.817. The summed E-state index contributed by atoms with van der Waals surface area (Å²) in [6.45, 7) is 1.97. The molecule has 104 valence electrons. The predicted molar refractivity (Wildman–Crippen MR) is 74.6 cm³/mol. The van der Waals surface area contributed by atoms with Crippen LogP contribution in [-0.2, 0) is 4.74 Å². The van der Waals surface area contributed by atoms with E-state index < -0.39 is 6.09 Å². The largest absolute Gasteiger partial charge is 0.450 e. The van der Waals surface area contributed by atoms with Crippen LogP contribution in [0.1, 0.15) is 6.92 Å². The van der Waals surface area contributed by atoms with E-state index in [1.165, 1.54) is 0 Å². The van der Waals surface area contributed by atoms with Gasteiger partial charge in [0.05, 0.1) is 6.61 Å². The molecular formula is C14H11N5O2. The number of nitrogens with zero attached hydrogens (tertiary/aromatic N) is 3. The average Bonchev–Trinajstić information content (AvgIpc) is 2.49. The number of anilines is 2. The van der Waals surface area contributed by atoms with Crippen LogP contribution in [0.5, 0.6) is 0 Å². The molecule has 0 aliphatic heterocycles. The first-order valence-corrected chi connectivity index (χ1v) is 5.90. The summed E-state index contributed by atoms with van der Waals surface area (Å²) in [6.07, 6.45) is -0.563. The molecule has 2 N–H and O–H groups in total. The smallest absolute Gasteiger partial charge is 0.411 e. The van der Waals surface area contributed by atoms with E-state index in [0.29, 0.717) is 11.4 Å². The van der Waals surface area contributed by atoms with Gasteiger partial charge in [0.15, 0.2) is 5.57 Å². The van der Waals surface area contributed by atoms with Gasteiger partial charge >= 0.3 is 6.09 Å². The molecule has 0 atom stereocenters. The molecule has 7 nitrogen and oxygen atoms in total. The van der Waals surface area contributed by atoms with Gasteiger partial charge in [-0.25, -0.2) is 4.79 Å². The number of hydrogen-bond donors (Lipinski definition) is 2. The highest BCUT2D eigenvalue weighted by Gasteiger charge is 2.06. The molecule has 0 spiro atoms. The molecule has 0 radical (unpaired) electrons. The number of carbonyl (C=O) groups is 1. The van der Waals surface area contributed by atoms with Crippen LogP contribution in [0.3, 0.4) is 0 Å². The van der Waals surface area contributed by atoms with Crippen molar-refractivity contribution < 1.29 is 9.53 Å². The summed E-state index contributed by atoms with van der Waals surface area (Å²) in [7, 11) is 0. The summed E-state index contributed by atoms with van der Waals surface area (Å²) >= 11 is 0. The van der Waals surface area contributed by atoms with Gasteiger partial charge in [-0.05, 0) is 31.2 Å². The topological polar surface area (TPSA) is 122 Å². The summed E-state index contributed by atoms with van der Waals surface area (Å²) in [5, 5.41) is 31.5. The lowest BCUT2D eigenvalue weighted by molar-refractivity contribution is 0.168. The van der Waals surface area contributed by atoms with Crippen LogP contribution < -0.4 is 10.6 Å². The zero-order valence-electron chi connectivity index (χ0n) is 11.2. The van der Waals surface area contributed by atoms with Gasteiger partial charge in [-0.3, -0.25) is 5.32 Å². The molecular weight excluding hydrogens is 270 g/mol. The van der Waals surface area contributed by atoms with Crippen molar-refractivity contribution in [2.45, 2.75) is 6.92 Å². The summed E-state index contributed by atoms with van der Waals surface area (Å²) in [5.41, 5.74) is 0.587. The lowest BCUT2D eigenvalue weighted by Gasteiger charge is -2.07. The fourth-order valence-corrected chi connectivity index (χ4v) is 1.35. The molecule has 0 saturated carbocycles. The molecule has 0 aliphatic carbocycles. The van der Waals surface area contributed by atoms with Gasteiger partial charge in [0, 0.05) is 11.4 Å². The minimum atomic E-state index is -0.563. The molecule has 1 aromatic carbocycles. The number of benzene rings is 1. The van der Waals surface area contributed by atoms with Crippen molar-refractivity contribution in [1.82, 2.24) is 0 Å². The maximum absolute atomic E-state index is 11.2. The SMILES string of the molecule is CCOC(=O)Nc1ccc(NC(C#N)=C(C#N)C#N)cc1. The summed E-state index contributed by atoms with van der Waals surface area (Å²) in [4.78, 5) is 11.2. The Morgan fingerprint density at radius 2 is 1.57 bits per heavy atom. The van der Waals surface area contributed by atoms with Gasteiger partial charge in [-0.1, -0.05) is 0 Å². The zero-order chi connectivity index (χ0) is 15.7. The highest BCUT2D eigenvalue weighted by atomic mass is 16.5. The number of hydrogen-bond acceptors (Lipinski definition) is 6. The van der Waals surface area contributed by atoms with Crippen molar-refractivity contribution in [1.29, 1.82) is 15.8 Å². The number of nitriles is 3. The molecule has 1 amide bonds. The zero-order valence-corrected chi connectivity index (χ0v) is 11.2. The van der Waals surface area contributed by atoms with E-state index in [0.717, 1.165) is 0 Å². The highest BCUT2D eigenvalue weighted by Crippen LogP contribution is 2.16. The fourth-order valence-electron chi connectivity index (χ4n) is 1.35. The molecule has 7 heteroatoms. The van der Waals surface area contributed by atoms with Crippen LogP contribution in [0.25, 0.3) is 0 Å². The predicted octanol–water partition coefficient (Wildman–Crippen LogP) is 2.49. The third-order valence-corrected chi connectivity index (χ3v) is 2.26. The normalized spacial score (nSPS) is 8.48. The lowest BCUT2D eigenvalue weighted by Crippen LogP contribution is -2.13. The van der Waals surface area contributed by atoms with Crippen molar-refractivity contribution in [3.05, 3.63) is 35.5 Å². The maximum Gasteiger partial charge on any atom is 0.411 e. The highest BCUT2D eigenvalue weighted by molar-refractivity contribution is 5.84. The summed E-state index contributed by atoms with van der Waals surface area (Å²) < 4.78 is 4.73. The number of ether oxygens (including phenoxy) is 1. The summed E-state index contributed by atoms with van der Waals surface area (Å²) in [6, 6.07) is 11.4. The Morgan fingerprint density at radius 1 is 1.05 bits per heavy atom. The first-order chi connectivity index (χ1) is 10.1. The molecule has 21 heavy (non-hydrogen) atoms. The number of allylic oxidation sites excluding steroid dienone is 2. The fraction of sp³-hybridized carbons (Fsp3) is 0.143. The Kier molecular flexibility index (Phi) is 5.80. The monoisotopic (exact) mass is 281 g/mol. The standard InChI is InChI=1S/C14H11N5O2/c1-2-21-14(20)19-12-5-3-11(4-6-12)18-13(9-17)10(7-15)8-16/h3-6,18H,2H2,1H3,(H,19,20). The van der Waals surface area contributed by atoms with E-state index in [-0.39, 0.29) is 17.9 Å². The van der Waals surface area contributed by atoms with Crippen LogP contribution in [0, 0.1) is 34.0 Å². The maximum atomic E-state index is 11.2. The molecule has 0 saturated heterocycles. The van der Waals surface area contributed by atoms with E-state index >= 15 is 0 Å². The Balaban J connectivity index is 2.83. The second-order valence-electron chi connectivity index (χ2n) is 3.63. The van der Waals surface area contributed by atoms with Gasteiger partial charge in [0.2, 0.25) is 0 Å². The Hall–Kier alpha value is -3.50. The first-order valence-electron chi connectivity index (χ1n) is 5.90. The van der Waals surface area contributed by atoms with E-state index in [1.807, 2.05) is 0 Å². The first kappa shape index (κ1) is 15.6. The number of carbonyl (C=O) groups excluding carboxylic acids is 1. The van der Waals surface area contributed by atoms with Gasteiger partial charge in [0.25, 0.3) is 0 Å². The number of rotatable bonds is 4. The van der Waals surface area contributed by atoms with E-state index in [9.17, 15) is 4.79 Å². The Morgan fingerprint density at radius 3 is 2.00 bits per heavy atom. The minimum Gasteiger partial charge on any atom is -0.450 e. The Bertz CT molecular complexity index is 655. The molecule has 0 heterocycles. The van der Waals surface area contributed by atoms with E-state index in [2.05, 4.69) is 10.6 Å². The summed E-state index contributed by atoms with van der Waals surface area (Å²) in [5.74, 6) is 0. The van der Waals surface area contributed by atoms with Crippen LogP contribution in [-0.4, -0.2) is 12.7 Å². The van der Waals surface area contributed by atoms with Crippen molar-refractivity contribution in [2.24, 2.45) is 0 Å². The van der Waals surface area contributed by atoms with Gasteiger partial charge in [-0.2, -0.15) is 15.8 Å². The molecule has 0 unspecified atom stereocenters. The van der Waals surface area contributed by atoms with E-state index in [1.54, 1.807) is 49.4 Å². The molecule has 1 aromatic rings. The second kappa shape index (κ2) is 7.83.